The minimum atomic E-state index is -0.941. The van der Waals surface area contributed by atoms with Crippen molar-refractivity contribution in [2.24, 2.45) is 0 Å². The number of methoxy groups -OCH3 is 1. The van der Waals surface area contributed by atoms with Gasteiger partial charge in [-0.25, -0.2) is 4.39 Å². The number of rotatable bonds is 5. The standard InChI is InChI=1S/C19H18FNO4/c1-11-14-4-3-5-16(24-2)18(14)25-17(11)19(23)21-10-15(22)12-6-8-13(20)9-7-12/h3-9,15,22H,10H2,1-2H3,(H,21,23). The first-order chi connectivity index (χ1) is 12.0. The minimum Gasteiger partial charge on any atom is -0.493 e. The van der Waals surface area contributed by atoms with Gasteiger partial charge in [0, 0.05) is 17.5 Å². The van der Waals surface area contributed by atoms with Crippen LogP contribution in [0.25, 0.3) is 11.0 Å². The lowest BCUT2D eigenvalue weighted by Crippen LogP contribution is -2.28. The molecule has 0 saturated heterocycles. The van der Waals surface area contributed by atoms with Gasteiger partial charge in [-0.1, -0.05) is 24.3 Å². The SMILES string of the molecule is COc1cccc2c(C)c(C(=O)NCC(O)c3ccc(F)cc3)oc12. The zero-order chi connectivity index (χ0) is 18.0. The van der Waals surface area contributed by atoms with Crippen molar-refractivity contribution in [3.05, 3.63) is 65.2 Å². The van der Waals surface area contributed by atoms with E-state index in [2.05, 4.69) is 5.32 Å². The van der Waals surface area contributed by atoms with E-state index in [4.69, 9.17) is 9.15 Å². The van der Waals surface area contributed by atoms with Gasteiger partial charge in [-0.3, -0.25) is 4.79 Å². The van der Waals surface area contributed by atoms with Crippen LogP contribution in [0.15, 0.2) is 46.9 Å². The molecule has 1 aromatic heterocycles. The molecule has 5 nitrogen and oxygen atoms in total. The molecule has 1 unspecified atom stereocenters. The molecule has 6 heteroatoms. The maximum absolute atomic E-state index is 12.9. The van der Waals surface area contributed by atoms with Crippen LogP contribution in [-0.4, -0.2) is 24.7 Å². The number of para-hydroxylation sites is 1. The van der Waals surface area contributed by atoms with Gasteiger partial charge in [0.2, 0.25) is 0 Å². The number of halogens is 1. The molecule has 0 saturated carbocycles. The van der Waals surface area contributed by atoms with Crippen LogP contribution >= 0.6 is 0 Å². The smallest absolute Gasteiger partial charge is 0.287 e. The molecule has 0 aliphatic carbocycles. The van der Waals surface area contributed by atoms with Crippen LogP contribution in [0.4, 0.5) is 4.39 Å². The molecular weight excluding hydrogens is 325 g/mol. The highest BCUT2D eigenvalue weighted by Crippen LogP contribution is 2.32. The summed E-state index contributed by atoms with van der Waals surface area (Å²) in [4.78, 5) is 12.4. The van der Waals surface area contributed by atoms with E-state index >= 15 is 0 Å². The topological polar surface area (TPSA) is 71.7 Å². The number of nitrogens with one attached hydrogen (secondary N) is 1. The van der Waals surface area contributed by atoms with Gasteiger partial charge in [-0.05, 0) is 30.7 Å². The number of fused-ring (bicyclic) bond motifs is 1. The molecule has 25 heavy (non-hydrogen) atoms. The molecule has 130 valence electrons. The largest absolute Gasteiger partial charge is 0.493 e. The van der Waals surface area contributed by atoms with E-state index in [-0.39, 0.29) is 18.1 Å². The van der Waals surface area contributed by atoms with Gasteiger partial charge in [-0.15, -0.1) is 0 Å². The van der Waals surface area contributed by atoms with Crippen molar-refractivity contribution in [3.63, 3.8) is 0 Å². The van der Waals surface area contributed by atoms with Crippen molar-refractivity contribution < 1.29 is 23.4 Å². The summed E-state index contributed by atoms with van der Waals surface area (Å²) >= 11 is 0. The van der Waals surface area contributed by atoms with Crippen LogP contribution in [0.5, 0.6) is 5.75 Å². The average molecular weight is 343 g/mol. The number of carbonyl (C=O) groups excluding carboxylic acids is 1. The first kappa shape index (κ1) is 17.0. The summed E-state index contributed by atoms with van der Waals surface area (Å²) in [7, 11) is 1.53. The predicted octanol–water partition coefficient (Wildman–Crippen LogP) is 3.35. The van der Waals surface area contributed by atoms with Crippen LogP contribution in [0, 0.1) is 12.7 Å². The second-order valence-corrected chi connectivity index (χ2v) is 5.67. The van der Waals surface area contributed by atoms with Crippen LogP contribution in [-0.2, 0) is 0 Å². The fourth-order valence-electron chi connectivity index (χ4n) is 2.67. The summed E-state index contributed by atoms with van der Waals surface area (Å²) in [6.07, 6.45) is -0.941. The molecule has 3 rings (SSSR count). The van der Waals surface area contributed by atoms with E-state index in [0.717, 1.165) is 5.39 Å². The van der Waals surface area contributed by atoms with Crippen molar-refractivity contribution in [2.75, 3.05) is 13.7 Å². The molecule has 0 aliphatic heterocycles. The Morgan fingerprint density at radius 2 is 2.00 bits per heavy atom. The average Bonchev–Trinajstić information content (AvgIpc) is 2.97. The molecule has 0 fully saturated rings. The molecule has 2 aromatic carbocycles. The third-order valence-electron chi connectivity index (χ3n) is 4.06. The van der Waals surface area contributed by atoms with Crippen molar-refractivity contribution >= 4 is 16.9 Å². The summed E-state index contributed by atoms with van der Waals surface area (Å²) < 4.78 is 23.8. The Hall–Kier alpha value is -2.86. The number of hydrogen-bond acceptors (Lipinski definition) is 4. The van der Waals surface area contributed by atoms with Crippen molar-refractivity contribution in [3.8, 4) is 5.75 Å². The summed E-state index contributed by atoms with van der Waals surface area (Å²) in [5.74, 6) is -0.0967. The molecule has 2 N–H and O–H groups in total. The lowest BCUT2D eigenvalue weighted by molar-refractivity contribution is 0.0890. The van der Waals surface area contributed by atoms with Crippen LogP contribution in [0.1, 0.15) is 27.8 Å². The Morgan fingerprint density at radius 1 is 1.28 bits per heavy atom. The molecule has 0 bridgehead atoms. The van der Waals surface area contributed by atoms with E-state index in [1.807, 2.05) is 12.1 Å². The number of amides is 1. The maximum atomic E-state index is 12.9. The molecule has 3 aromatic rings. The zero-order valence-electron chi connectivity index (χ0n) is 13.9. The third kappa shape index (κ3) is 3.34. The van der Waals surface area contributed by atoms with Gasteiger partial charge in [0.15, 0.2) is 17.1 Å². The third-order valence-corrected chi connectivity index (χ3v) is 4.06. The van der Waals surface area contributed by atoms with E-state index < -0.39 is 12.0 Å². The maximum Gasteiger partial charge on any atom is 0.287 e. The first-order valence-corrected chi connectivity index (χ1v) is 7.79. The van der Waals surface area contributed by atoms with Gasteiger partial charge in [0.05, 0.1) is 13.2 Å². The quantitative estimate of drug-likeness (QED) is 0.745. The molecule has 1 amide bonds. The highest BCUT2D eigenvalue weighted by Gasteiger charge is 2.20. The molecular formula is C19H18FNO4. The number of carbonyl (C=O) groups is 1. The summed E-state index contributed by atoms with van der Waals surface area (Å²) in [5, 5.41) is 13.5. The number of furan rings is 1. The van der Waals surface area contributed by atoms with Crippen molar-refractivity contribution in [1.82, 2.24) is 5.32 Å². The lowest BCUT2D eigenvalue weighted by atomic mass is 10.1. The normalized spacial score (nSPS) is 12.2. The number of ether oxygens (including phenoxy) is 1. The number of aliphatic hydroxyl groups is 1. The van der Waals surface area contributed by atoms with E-state index in [0.29, 0.717) is 22.5 Å². The monoisotopic (exact) mass is 343 g/mol. The van der Waals surface area contributed by atoms with Gasteiger partial charge in [0.25, 0.3) is 5.91 Å². The fraction of sp³-hybridized carbons (Fsp3) is 0.211. The number of aliphatic hydroxyl groups excluding tert-OH is 1. The Morgan fingerprint density at radius 3 is 2.68 bits per heavy atom. The zero-order valence-corrected chi connectivity index (χ0v) is 13.9. The lowest BCUT2D eigenvalue weighted by Gasteiger charge is -2.11. The van der Waals surface area contributed by atoms with E-state index in [9.17, 15) is 14.3 Å². The summed E-state index contributed by atoms with van der Waals surface area (Å²) in [5.41, 5.74) is 1.72. The Labute approximate surface area is 144 Å². The Kier molecular flexibility index (Phi) is 4.72. The predicted molar refractivity (Wildman–Crippen MR) is 91.2 cm³/mol. The van der Waals surface area contributed by atoms with Gasteiger partial charge in [0.1, 0.15) is 5.82 Å². The van der Waals surface area contributed by atoms with Gasteiger partial charge < -0.3 is 19.6 Å². The first-order valence-electron chi connectivity index (χ1n) is 7.79. The van der Waals surface area contributed by atoms with E-state index in [1.165, 1.54) is 31.4 Å². The van der Waals surface area contributed by atoms with E-state index in [1.54, 1.807) is 13.0 Å². The molecule has 0 radical (unpaired) electrons. The number of hydrogen-bond donors (Lipinski definition) is 2. The molecule has 0 aliphatic rings. The highest BCUT2D eigenvalue weighted by atomic mass is 19.1. The summed E-state index contributed by atoms with van der Waals surface area (Å²) in [6.45, 7) is 1.77. The second-order valence-electron chi connectivity index (χ2n) is 5.67. The second kappa shape index (κ2) is 6.94. The number of benzene rings is 2. The fourth-order valence-corrected chi connectivity index (χ4v) is 2.67. The highest BCUT2D eigenvalue weighted by molar-refractivity contribution is 6.00. The van der Waals surface area contributed by atoms with Crippen LogP contribution in [0.2, 0.25) is 0 Å². The molecule has 1 heterocycles. The van der Waals surface area contributed by atoms with Gasteiger partial charge >= 0.3 is 0 Å². The minimum absolute atomic E-state index is 0.0158. The Balaban J connectivity index is 1.76. The van der Waals surface area contributed by atoms with Crippen LogP contribution < -0.4 is 10.1 Å². The van der Waals surface area contributed by atoms with Gasteiger partial charge in [-0.2, -0.15) is 0 Å². The van der Waals surface area contributed by atoms with Crippen molar-refractivity contribution in [2.45, 2.75) is 13.0 Å². The van der Waals surface area contributed by atoms with Crippen LogP contribution in [0.3, 0.4) is 0 Å². The molecule has 1 atom stereocenters. The Bertz CT molecular complexity index is 902. The summed E-state index contributed by atoms with van der Waals surface area (Å²) in [6, 6.07) is 10.9. The van der Waals surface area contributed by atoms with Crippen molar-refractivity contribution in [1.29, 1.82) is 0 Å². The number of aryl methyl sites for hydroxylation is 1. The molecule has 0 spiro atoms.